The Bertz CT molecular complexity index is 1330. The van der Waals surface area contributed by atoms with Crippen molar-refractivity contribution in [3.05, 3.63) is 79.2 Å². The van der Waals surface area contributed by atoms with Gasteiger partial charge in [-0.25, -0.2) is 0 Å². The molecule has 1 heterocycles. The topological polar surface area (TPSA) is 88.0 Å². The molecule has 3 aromatic rings. The Kier molecular flexibility index (Phi) is 6.81. The van der Waals surface area contributed by atoms with Crippen molar-refractivity contribution in [2.75, 3.05) is 7.11 Å². The summed E-state index contributed by atoms with van der Waals surface area (Å²) in [5.74, 6) is -0.0515. The van der Waals surface area contributed by atoms with E-state index in [0.717, 1.165) is 16.9 Å². The molecule has 0 saturated heterocycles. The molecular weight excluding hydrogens is 424 g/mol. The van der Waals surface area contributed by atoms with E-state index in [1.54, 1.807) is 6.08 Å². The standard InChI is InChI=1S/C22H15F2N3O3S/c1-29-18-9-15(7-8-17(18)30-22(23)24)10-19-20(28)27(13-14-5-3-2-4-6-14)21(31-19)16(11-25)12-26/h2-10,22H,13H2,1H3. The molecule has 156 valence electrons. The van der Waals surface area contributed by atoms with Crippen LogP contribution in [-0.2, 0) is 6.54 Å². The fourth-order valence-electron chi connectivity index (χ4n) is 2.85. The van der Waals surface area contributed by atoms with Crippen LogP contribution in [0.3, 0.4) is 0 Å². The molecule has 0 atom stereocenters. The number of hydrogen-bond acceptors (Lipinski definition) is 6. The lowest BCUT2D eigenvalue weighted by molar-refractivity contribution is -0.0512. The van der Waals surface area contributed by atoms with Gasteiger partial charge in [-0.05, 0) is 29.3 Å². The third-order valence-electron chi connectivity index (χ3n) is 4.23. The summed E-state index contributed by atoms with van der Waals surface area (Å²) in [7, 11) is 1.31. The molecule has 9 heteroatoms. The van der Waals surface area contributed by atoms with Crippen LogP contribution in [0.15, 0.2) is 53.3 Å². The first-order chi connectivity index (χ1) is 15.0. The molecule has 3 rings (SSSR count). The van der Waals surface area contributed by atoms with Crippen LogP contribution in [0.4, 0.5) is 8.78 Å². The van der Waals surface area contributed by atoms with Gasteiger partial charge in [0.15, 0.2) is 17.1 Å². The number of methoxy groups -OCH3 is 1. The van der Waals surface area contributed by atoms with Crippen molar-refractivity contribution >= 4 is 23.0 Å². The third kappa shape index (κ3) is 4.97. The van der Waals surface area contributed by atoms with E-state index in [2.05, 4.69) is 4.74 Å². The maximum atomic E-state index is 13.1. The third-order valence-corrected chi connectivity index (χ3v) is 5.36. The van der Waals surface area contributed by atoms with Gasteiger partial charge in [0.05, 0.1) is 18.2 Å². The first kappa shape index (κ1) is 21.8. The summed E-state index contributed by atoms with van der Waals surface area (Å²) in [5, 5.41) is 18.6. The maximum Gasteiger partial charge on any atom is 0.387 e. The van der Waals surface area contributed by atoms with E-state index >= 15 is 0 Å². The monoisotopic (exact) mass is 439 g/mol. The van der Waals surface area contributed by atoms with Crippen molar-refractivity contribution in [2.24, 2.45) is 0 Å². The molecule has 0 radical (unpaired) electrons. The van der Waals surface area contributed by atoms with Gasteiger partial charge in [0.1, 0.15) is 16.8 Å². The van der Waals surface area contributed by atoms with Crippen molar-refractivity contribution < 1.29 is 18.3 Å². The van der Waals surface area contributed by atoms with E-state index in [1.807, 2.05) is 42.5 Å². The maximum absolute atomic E-state index is 13.1. The normalized spacial score (nSPS) is 11.1. The lowest BCUT2D eigenvalue weighted by Crippen LogP contribution is -2.32. The predicted octanol–water partition coefficient (Wildman–Crippen LogP) is 2.59. The molecule has 31 heavy (non-hydrogen) atoms. The van der Waals surface area contributed by atoms with Crippen LogP contribution >= 0.6 is 11.3 Å². The highest BCUT2D eigenvalue weighted by Gasteiger charge is 2.12. The number of rotatable bonds is 6. The first-order valence-corrected chi connectivity index (χ1v) is 9.71. The summed E-state index contributed by atoms with van der Waals surface area (Å²) in [6, 6.07) is 17.1. The minimum atomic E-state index is -3.00. The number of nitriles is 2. The minimum absolute atomic E-state index is 0.0803. The Labute approximate surface area is 179 Å². The molecule has 0 saturated carbocycles. The highest BCUT2D eigenvalue weighted by atomic mass is 32.1. The van der Waals surface area contributed by atoms with Gasteiger partial charge in [-0.2, -0.15) is 19.3 Å². The van der Waals surface area contributed by atoms with E-state index in [9.17, 15) is 24.1 Å². The van der Waals surface area contributed by atoms with Crippen LogP contribution in [0.2, 0.25) is 0 Å². The zero-order chi connectivity index (χ0) is 22.4. The number of nitrogens with zero attached hydrogens (tertiary/aromatic N) is 3. The van der Waals surface area contributed by atoms with Crippen molar-refractivity contribution in [2.45, 2.75) is 13.2 Å². The zero-order valence-corrected chi connectivity index (χ0v) is 17.0. The largest absolute Gasteiger partial charge is 0.493 e. The minimum Gasteiger partial charge on any atom is -0.493 e. The Morgan fingerprint density at radius 2 is 1.87 bits per heavy atom. The summed E-state index contributed by atoms with van der Waals surface area (Å²) >= 11 is 1.01. The van der Waals surface area contributed by atoms with Crippen LogP contribution < -0.4 is 24.2 Å². The molecule has 0 N–H and O–H groups in total. The molecule has 0 spiro atoms. The molecule has 2 aromatic carbocycles. The Morgan fingerprint density at radius 1 is 1.16 bits per heavy atom. The van der Waals surface area contributed by atoms with Gasteiger partial charge in [0.2, 0.25) is 0 Å². The van der Waals surface area contributed by atoms with Crippen LogP contribution in [0.5, 0.6) is 11.5 Å². The molecule has 0 aliphatic rings. The Balaban J connectivity index is 2.17. The smallest absolute Gasteiger partial charge is 0.387 e. The molecule has 6 nitrogen and oxygen atoms in total. The predicted molar refractivity (Wildman–Crippen MR) is 111 cm³/mol. The van der Waals surface area contributed by atoms with E-state index in [1.165, 1.54) is 29.9 Å². The van der Waals surface area contributed by atoms with Crippen LogP contribution in [0.1, 0.15) is 11.1 Å². The highest BCUT2D eigenvalue weighted by molar-refractivity contribution is 7.07. The van der Waals surface area contributed by atoms with Crippen LogP contribution in [0, 0.1) is 22.7 Å². The summed E-state index contributed by atoms with van der Waals surface area (Å²) in [5.41, 5.74) is 0.793. The van der Waals surface area contributed by atoms with Gasteiger partial charge in [-0.3, -0.25) is 9.36 Å². The summed E-state index contributed by atoms with van der Waals surface area (Å²) in [6.45, 7) is -2.81. The second-order valence-corrected chi connectivity index (χ2v) is 7.21. The van der Waals surface area contributed by atoms with E-state index in [4.69, 9.17) is 4.74 Å². The van der Waals surface area contributed by atoms with Crippen molar-refractivity contribution in [3.63, 3.8) is 0 Å². The quantitative estimate of drug-likeness (QED) is 0.589. The van der Waals surface area contributed by atoms with Crippen molar-refractivity contribution in [1.82, 2.24) is 4.57 Å². The lowest BCUT2D eigenvalue weighted by atomic mass is 10.2. The molecule has 0 bridgehead atoms. The van der Waals surface area contributed by atoms with E-state index in [0.29, 0.717) is 5.56 Å². The highest BCUT2D eigenvalue weighted by Crippen LogP contribution is 2.29. The number of benzene rings is 2. The number of aromatic nitrogens is 1. The molecule has 0 aliphatic carbocycles. The molecule has 0 aliphatic heterocycles. The van der Waals surface area contributed by atoms with Gasteiger partial charge < -0.3 is 9.47 Å². The average molecular weight is 439 g/mol. The van der Waals surface area contributed by atoms with Gasteiger partial charge in [0, 0.05) is 0 Å². The van der Waals surface area contributed by atoms with Crippen LogP contribution in [-0.4, -0.2) is 18.3 Å². The second-order valence-electron chi connectivity index (χ2n) is 6.18. The van der Waals surface area contributed by atoms with Crippen LogP contribution in [0.25, 0.3) is 11.6 Å². The zero-order valence-electron chi connectivity index (χ0n) is 16.2. The SMILES string of the molecule is COc1cc(C=c2sc(=C(C#N)C#N)n(Cc3ccccc3)c2=O)ccc1OC(F)F. The molecule has 1 aromatic heterocycles. The average Bonchev–Trinajstić information content (AvgIpc) is 3.06. The van der Waals surface area contributed by atoms with Gasteiger partial charge in [-0.15, -0.1) is 11.3 Å². The Morgan fingerprint density at radius 3 is 2.48 bits per heavy atom. The van der Waals surface area contributed by atoms with Gasteiger partial charge in [0.25, 0.3) is 5.56 Å². The number of hydrogen-bond donors (Lipinski definition) is 0. The molecule has 0 amide bonds. The lowest BCUT2D eigenvalue weighted by Gasteiger charge is -2.09. The summed E-state index contributed by atoms with van der Waals surface area (Å²) in [4.78, 5) is 13.1. The fraction of sp³-hybridized carbons (Fsp3) is 0.136. The second kappa shape index (κ2) is 9.70. The molecule has 0 fully saturated rings. The van der Waals surface area contributed by atoms with Gasteiger partial charge in [-0.1, -0.05) is 36.4 Å². The molecule has 0 unspecified atom stereocenters. The van der Waals surface area contributed by atoms with Gasteiger partial charge >= 0.3 is 6.61 Å². The van der Waals surface area contributed by atoms with E-state index in [-0.39, 0.29) is 38.4 Å². The number of thiazole rings is 1. The molecular formula is C22H15F2N3O3S. The Hall–Kier alpha value is -3.95. The fourth-order valence-corrected chi connectivity index (χ4v) is 3.91. The van der Waals surface area contributed by atoms with Crippen molar-refractivity contribution in [3.8, 4) is 23.6 Å². The number of alkyl halides is 2. The number of halogens is 2. The van der Waals surface area contributed by atoms with E-state index < -0.39 is 6.61 Å². The summed E-state index contributed by atoms with van der Waals surface area (Å²) < 4.78 is 36.4. The number of ether oxygens (including phenoxy) is 2. The van der Waals surface area contributed by atoms with Crippen molar-refractivity contribution in [1.29, 1.82) is 10.5 Å². The first-order valence-electron chi connectivity index (χ1n) is 8.89. The summed E-state index contributed by atoms with van der Waals surface area (Å²) in [6.07, 6.45) is 1.54.